The van der Waals surface area contributed by atoms with E-state index in [1.54, 1.807) is 37.3 Å². The second-order valence-corrected chi connectivity index (χ2v) is 6.91. The van der Waals surface area contributed by atoms with E-state index in [-0.39, 0.29) is 22.3 Å². The van der Waals surface area contributed by atoms with Gasteiger partial charge < -0.3 is 10.2 Å². The summed E-state index contributed by atoms with van der Waals surface area (Å²) in [6, 6.07) is 8.17. The van der Waals surface area contributed by atoms with Gasteiger partial charge in [0.25, 0.3) is 11.5 Å². The number of nitriles is 1. The minimum atomic E-state index is -1.37. The molecule has 152 valence electrons. The number of pyridine rings is 1. The number of aromatic nitrogens is 1. The molecule has 0 aliphatic carbocycles. The lowest BCUT2D eigenvalue weighted by molar-refractivity contribution is -0.137. The third-order valence-corrected chi connectivity index (χ3v) is 4.81. The standard InChI is InChI=1S/C20H15ClN4O5/c1-10-14(18(28)24(9-17(26)27)19(29)16(10)8-22)7-15-11(2)23-25(20(15)30)13-5-3-12(21)4-6-13/h3-7,28H,9H2,1-2H3,(H,26,27)/b15-7+. The molecule has 1 aromatic heterocycles. The minimum Gasteiger partial charge on any atom is -0.494 e. The molecule has 0 saturated carbocycles. The number of halogens is 1. The molecule has 0 unspecified atom stereocenters. The highest BCUT2D eigenvalue weighted by molar-refractivity contribution is 6.32. The Morgan fingerprint density at radius 3 is 2.47 bits per heavy atom. The second kappa shape index (κ2) is 7.85. The first-order valence-electron chi connectivity index (χ1n) is 8.61. The lowest BCUT2D eigenvalue weighted by Crippen LogP contribution is -2.28. The van der Waals surface area contributed by atoms with Gasteiger partial charge in [0.2, 0.25) is 5.88 Å². The van der Waals surface area contributed by atoms with Crippen molar-refractivity contribution in [3.63, 3.8) is 0 Å². The Balaban J connectivity index is 2.15. The van der Waals surface area contributed by atoms with Crippen molar-refractivity contribution < 1.29 is 19.8 Å². The highest BCUT2D eigenvalue weighted by Crippen LogP contribution is 2.29. The SMILES string of the molecule is CC1=NN(c2ccc(Cl)cc2)C(=O)/C1=C/c1c(C)c(C#N)c(=O)n(CC(=O)O)c1O. The van der Waals surface area contributed by atoms with E-state index in [4.69, 9.17) is 16.7 Å². The molecule has 0 spiro atoms. The molecule has 0 fully saturated rings. The van der Waals surface area contributed by atoms with Crippen LogP contribution in [0.4, 0.5) is 5.69 Å². The summed E-state index contributed by atoms with van der Waals surface area (Å²) in [6.07, 6.45) is 1.29. The number of hydrogen-bond donors (Lipinski definition) is 2. The molecule has 30 heavy (non-hydrogen) atoms. The number of carbonyl (C=O) groups excluding carboxylic acids is 1. The van der Waals surface area contributed by atoms with Crippen molar-refractivity contribution in [3.8, 4) is 11.9 Å². The molecule has 3 rings (SSSR count). The molecule has 1 amide bonds. The fourth-order valence-corrected chi connectivity index (χ4v) is 3.14. The molecule has 2 N–H and O–H groups in total. The third-order valence-electron chi connectivity index (χ3n) is 4.56. The Bertz CT molecular complexity index is 1240. The molecule has 1 aliphatic heterocycles. The van der Waals surface area contributed by atoms with E-state index in [1.807, 2.05) is 0 Å². The summed E-state index contributed by atoms with van der Waals surface area (Å²) in [5.41, 5.74) is -0.209. The molecule has 0 bridgehead atoms. The lowest BCUT2D eigenvalue weighted by atomic mass is 10.0. The number of hydrazone groups is 1. The van der Waals surface area contributed by atoms with E-state index in [0.717, 1.165) is 5.01 Å². The summed E-state index contributed by atoms with van der Waals surface area (Å²) in [5.74, 6) is -2.53. The number of carbonyl (C=O) groups is 2. The molecular weight excluding hydrogens is 412 g/mol. The van der Waals surface area contributed by atoms with Crippen LogP contribution in [0.5, 0.6) is 5.88 Å². The Labute approximate surface area is 175 Å². The maximum Gasteiger partial charge on any atom is 0.323 e. The highest BCUT2D eigenvalue weighted by atomic mass is 35.5. The van der Waals surface area contributed by atoms with Crippen LogP contribution in [0.25, 0.3) is 6.08 Å². The number of amides is 1. The summed E-state index contributed by atoms with van der Waals surface area (Å²) in [4.78, 5) is 36.3. The highest BCUT2D eigenvalue weighted by Gasteiger charge is 2.30. The number of anilines is 1. The summed E-state index contributed by atoms with van der Waals surface area (Å²) in [5, 5.41) is 34.8. The van der Waals surface area contributed by atoms with Crippen molar-refractivity contribution >= 4 is 41.0 Å². The van der Waals surface area contributed by atoms with Gasteiger partial charge in [0.05, 0.1) is 17.0 Å². The summed E-state index contributed by atoms with van der Waals surface area (Å²) >= 11 is 5.87. The van der Waals surface area contributed by atoms with Crippen LogP contribution in [0.1, 0.15) is 23.6 Å². The average Bonchev–Trinajstić information content (AvgIpc) is 2.97. The lowest BCUT2D eigenvalue weighted by Gasteiger charge is -2.14. The summed E-state index contributed by atoms with van der Waals surface area (Å²) in [7, 11) is 0. The van der Waals surface area contributed by atoms with E-state index in [1.165, 1.54) is 13.0 Å². The second-order valence-electron chi connectivity index (χ2n) is 6.47. The van der Waals surface area contributed by atoms with Crippen LogP contribution < -0.4 is 10.6 Å². The number of carboxylic acid groups (broad SMARTS) is 1. The monoisotopic (exact) mass is 426 g/mol. The van der Waals surface area contributed by atoms with Gasteiger partial charge in [0.15, 0.2) is 0 Å². The minimum absolute atomic E-state index is 0.0109. The van der Waals surface area contributed by atoms with Crippen molar-refractivity contribution in [2.45, 2.75) is 20.4 Å². The van der Waals surface area contributed by atoms with Crippen LogP contribution in [-0.2, 0) is 16.1 Å². The fraction of sp³-hybridized carbons (Fsp3) is 0.150. The normalized spacial score (nSPS) is 14.7. The largest absolute Gasteiger partial charge is 0.494 e. The summed E-state index contributed by atoms with van der Waals surface area (Å²) < 4.78 is 0.573. The molecule has 1 aliphatic rings. The number of hydrogen-bond acceptors (Lipinski definition) is 6. The number of rotatable bonds is 4. The number of carboxylic acids is 1. The zero-order valence-corrected chi connectivity index (χ0v) is 16.6. The zero-order valence-electron chi connectivity index (χ0n) is 15.9. The van der Waals surface area contributed by atoms with Gasteiger partial charge in [-0.2, -0.15) is 15.4 Å². The number of benzene rings is 1. The van der Waals surface area contributed by atoms with Gasteiger partial charge in [0.1, 0.15) is 18.2 Å². The van der Waals surface area contributed by atoms with E-state index in [0.29, 0.717) is 21.0 Å². The van der Waals surface area contributed by atoms with Crippen LogP contribution in [0.3, 0.4) is 0 Å². The van der Waals surface area contributed by atoms with Gasteiger partial charge >= 0.3 is 5.97 Å². The van der Waals surface area contributed by atoms with Crippen molar-refractivity contribution in [2.75, 3.05) is 5.01 Å². The molecule has 9 nitrogen and oxygen atoms in total. The molecule has 0 atom stereocenters. The predicted octanol–water partition coefficient (Wildman–Crippen LogP) is 2.28. The van der Waals surface area contributed by atoms with Crippen molar-refractivity contribution in [1.29, 1.82) is 5.26 Å². The van der Waals surface area contributed by atoms with Crippen LogP contribution in [-0.4, -0.2) is 32.4 Å². The molecule has 10 heteroatoms. The molecule has 0 saturated heterocycles. The Kier molecular flexibility index (Phi) is 5.45. The third kappa shape index (κ3) is 3.56. The van der Waals surface area contributed by atoms with E-state index in [2.05, 4.69) is 5.10 Å². The van der Waals surface area contributed by atoms with Gasteiger partial charge in [-0.1, -0.05) is 11.6 Å². The smallest absolute Gasteiger partial charge is 0.323 e. The van der Waals surface area contributed by atoms with E-state index < -0.39 is 29.9 Å². The Morgan fingerprint density at radius 1 is 1.27 bits per heavy atom. The Hall–Kier alpha value is -3.90. The number of aliphatic carboxylic acids is 1. The van der Waals surface area contributed by atoms with Crippen molar-refractivity contribution in [1.82, 2.24) is 4.57 Å². The number of aromatic hydroxyl groups is 1. The maximum atomic E-state index is 12.9. The fourth-order valence-electron chi connectivity index (χ4n) is 3.01. The average molecular weight is 427 g/mol. The van der Waals surface area contributed by atoms with Crippen LogP contribution >= 0.6 is 11.6 Å². The van der Waals surface area contributed by atoms with E-state index >= 15 is 0 Å². The maximum absolute atomic E-state index is 12.9. The molecule has 1 aromatic carbocycles. The zero-order chi connectivity index (χ0) is 22.2. The van der Waals surface area contributed by atoms with Crippen molar-refractivity contribution in [3.05, 3.63) is 61.9 Å². The van der Waals surface area contributed by atoms with Gasteiger partial charge in [-0.05, 0) is 49.8 Å². The molecule has 2 heterocycles. The van der Waals surface area contributed by atoms with Gasteiger partial charge in [-0.15, -0.1) is 0 Å². The number of nitrogens with zero attached hydrogens (tertiary/aromatic N) is 4. The topological polar surface area (TPSA) is 136 Å². The molecule has 0 radical (unpaired) electrons. The predicted molar refractivity (Wildman–Crippen MR) is 109 cm³/mol. The van der Waals surface area contributed by atoms with E-state index in [9.17, 15) is 24.8 Å². The van der Waals surface area contributed by atoms with Gasteiger partial charge in [-0.25, -0.2) is 0 Å². The van der Waals surface area contributed by atoms with Gasteiger partial charge in [0, 0.05) is 10.6 Å². The van der Waals surface area contributed by atoms with Crippen molar-refractivity contribution in [2.24, 2.45) is 5.10 Å². The Morgan fingerprint density at radius 2 is 1.90 bits per heavy atom. The summed E-state index contributed by atoms with van der Waals surface area (Å²) in [6.45, 7) is 2.18. The quantitative estimate of drug-likeness (QED) is 0.720. The molecule has 2 aromatic rings. The first-order chi connectivity index (χ1) is 14.1. The first kappa shape index (κ1) is 20.8. The molecular formula is C20H15ClN4O5. The van der Waals surface area contributed by atoms with Gasteiger partial charge in [-0.3, -0.25) is 19.0 Å². The van der Waals surface area contributed by atoms with Crippen LogP contribution in [0.15, 0.2) is 39.7 Å². The van der Waals surface area contributed by atoms with Crippen LogP contribution in [0.2, 0.25) is 5.02 Å². The van der Waals surface area contributed by atoms with Crippen LogP contribution in [0, 0.1) is 18.3 Å². The first-order valence-corrected chi connectivity index (χ1v) is 8.99.